The zero-order valence-electron chi connectivity index (χ0n) is 13.5. The molecule has 1 saturated heterocycles. The summed E-state index contributed by atoms with van der Waals surface area (Å²) < 4.78 is 15.8. The van der Waals surface area contributed by atoms with Crippen molar-refractivity contribution in [2.75, 3.05) is 43.6 Å². The van der Waals surface area contributed by atoms with Gasteiger partial charge < -0.3 is 19.1 Å². The number of amides is 1. The van der Waals surface area contributed by atoms with Gasteiger partial charge in [-0.3, -0.25) is 5.32 Å². The molecule has 7 nitrogen and oxygen atoms in total. The molecule has 0 saturated carbocycles. The Balaban J connectivity index is 2.15. The third-order valence-corrected chi connectivity index (χ3v) is 3.04. The van der Waals surface area contributed by atoms with E-state index in [0.29, 0.717) is 24.8 Å². The van der Waals surface area contributed by atoms with Gasteiger partial charge in [0.15, 0.2) is 0 Å². The molecule has 0 bridgehead atoms. The fraction of sp³-hybridized carbons (Fsp3) is 0.600. The van der Waals surface area contributed by atoms with E-state index in [4.69, 9.17) is 14.2 Å². The molecule has 2 heterocycles. The number of morpholine rings is 1. The maximum Gasteiger partial charge on any atom is 0.412 e. The zero-order valence-corrected chi connectivity index (χ0v) is 13.5. The fourth-order valence-corrected chi connectivity index (χ4v) is 2.10. The highest BCUT2D eigenvalue weighted by molar-refractivity contribution is 5.87. The highest BCUT2D eigenvalue weighted by Gasteiger charge is 2.19. The Morgan fingerprint density at radius 2 is 2.05 bits per heavy atom. The molecule has 0 spiro atoms. The van der Waals surface area contributed by atoms with Crippen molar-refractivity contribution in [2.24, 2.45) is 0 Å². The summed E-state index contributed by atoms with van der Waals surface area (Å²) in [4.78, 5) is 18.3. The maximum atomic E-state index is 11.9. The van der Waals surface area contributed by atoms with Crippen molar-refractivity contribution in [2.45, 2.75) is 26.4 Å². The summed E-state index contributed by atoms with van der Waals surface area (Å²) in [7, 11) is 1.51. The van der Waals surface area contributed by atoms with E-state index >= 15 is 0 Å². The van der Waals surface area contributed by atoms with Gasteiger partial charge in [0.05, 0.1) is 32.2 Å². The van der Waals surface area contributed by atoms with Crippen LogP contribution in [0.1, 0.15) is 20.8 Å². The zero-order chi connectivity index (χ0) is 16.2. The number of nitrogens with zero attached hydrogens (tertiary/aromatic N) is 2. The predicted octanol–water partition coefficient (Wildman–Crippen LogP) is 2.27. The van der Waals surface area contributed by atoms with Crippen molar-refractivity contribution >= 4 is 17.5 Å². The van der Waals surface area contributed by atoms with E-state index in [0.717, 1.165) is 18.8 Å². The molecule has 1 aliphatic heterocycles. The van der Waals surface area contributed by atoms with Crippen molar-refractivity contribution in [1.82, 2.24) is 4.98 Å². The predicted molar refractivity (Wildman–Crippen MR) is 83.7 cm³/mol. The van der Waals surface area contributed by atoms with Gasteiger partial charge in [-0.15, -0.1) is 0 Å². The topological polar surface area (TPSA) is 72.9 Å². The molecule has 0 aliphatic carbocycles. The molecule has 1 aromatic rings. The summed E-state index contributed by atoms with van der Waals surface area (Å²) in [6.07, 6.45) is 1.19. The number of anilines is 2. The van der Waals surface area contributed by atoms with Gasteiger partial charge in [-0.1, -0.05) is 0 Å². The van der Waals surface area contributed by atoms with Crippen LogP contribution in [0.5, 0.6) is 5.88 Å². The molecule has 22 heavy (non-hydrogen) atoms. The van der Waals surface area contributed by atoms with Crippen LogP contribution in [0.2, 0.25) is 0 Å². The van der Waals surface area contributed by atoms with Gasteiger partial charge in [0, 0.05) is 13.1 Å². The van der Waals surface area contributed by atoms with Crippen LogP contribution in [0.15, 0.2) is 12.3 Å². The van der Waals surface area contributed by atoms with Crippen LogP contribution in [-0.2, 0) is 9.47 Å². The summed E-state index contributed by atoms with van der Waals surface area (Å²) in [6.45, 7) is 8.38. The summed E-state index contributed by atoms with van der Waals surface area (Å²) in [5.74, 6) is 0.350. The van der Waals surface area contributed by atoms with Gasteiger partial charge >= 0.3 is 6.09 Å². The molecule has 122 valence electrons. The molecule has 0 unspecified atom stereocenters. The number of methoxy groups -OCH3 is 1. The first-order valence-electron chi connectivity index (χ1n) is 7.26. The molecule has 0 radical (unpaired) electrons. The van der Waals surface area contributed by atoms with E-state index in [1.165, 1.54) is 7.11 Å². The molecular formula is C15H23N3O4. The molecule has 7 heteroatoms. The summed E-state index contributed by atoms with van der Waals surface area (Å²) in [5, 5.41) is 2.69. The first-order valence-corrected chi connectivity index (χ1v) is 7.26. The van der Waals surface area contributed by atoms with Gasteiger partial charge in [0.2, 0.25) is 5.88 Å². The number of carbonyl (C=O) groups is 1. The van der Waals surface area contributed by atoms with Crippen LogP contribution < -0.4 is 15.0 Å². The van der Waals surface area contributed by atoms with Crippen molar-refractivity contribution in [3.05, 3.63) is 12.3 Å². The Labute approximate surface area is 130 Å². The third-order valence-electron chi connectivity index (χ3n) is 3.04. The Kier molecular flexibility index (Phi) is 5.07. The average Bonchev–Trinajstić information content (AvgIpc) is 2.46. The molecular weight excluding hydrogens is 286 g/mol. The molecule has 1 N–H and O–H groups in total. The highest BCUT2D eigenvalue weighted by atomic mass is 16.6. The SMILES string of the molecule is COc1ncc(N2CCOCC2)cc1NC(=O)OC(C)(C)C. The van der Waals surface area contributed by atoms with E-state index in [-0.39, 0.29) is 0 Å². The van der Waals surface area contributed by atoms with Crippen molar-refractivity contribution < 1.29 is 19.0 Å². The first kappa shape index (κ1) is 16.4. The molecule has 0 aromatic carbocycles. The molecule has 1 aromatic heterocycles. The second-order valence-corrected chi connectivity index (χ2v) is 5.98. The third kappa shape index (κ3) is 4.49. The molecule has 1 aliphatic rings. The fourth-order valence-electron chi connectivity index (χ4n) is 2.10. The highest BCUT2D eigenvalue weighted by Crippen LogP contribution is 2.27. The molecule has 1 fully saturated rings. The maximum absolute atomic E-state index is 11.9. The minimum Gasteiger partial charge on any atom is -0.480 e. The monoisotopic (exact) mass is 309 g/mol. The first-order chi connectivity index (χ1) is 10.4. The van der Waals surface area contributed by atoms with Gasteiger partial charge in [-0.25, -0.2) is 9.78 Å². The van der Waals surface area contributed by atoms with Crippen LogP contribution in [0.4, 0.5) is 16.2 Å². The smallest absolute Gasteiger partial charge is 0.412 e. The lowest BCUT2D eigenvalue weighted by Gasteiger charge is -2.29. The van der Waals surface area contributed by atoms with Gasteiger partial charge in [-0.2, -0.15) is 0 Å². The second-order valence-electron chi connectivity index (χ2n) is 5.98. The van der Waals surface area contributed by atoms with Crippen LogP contribution >= 0.6 is 0 Å². The number of nitrogens with one attached hydrogen (secondary N) is 1. The average molecular weight is 309 g/mol. The standard InChI is InChI=1S/C15H23N3O4/c1-15(2,3)22-14(19)17-12-9-11(10-16-13(12)20-4)18-5-7-21-8-6-18/h9-10H,5-8H2,1-4H3,(H,17,19). The van der Waals surface area contributed by atoms with Gasteiger partial charge in [-0.05, 0) is 26.8 Å². The largest absolute Gasteiger partial charge is 0.480 e. The summed E-state index contributed by atoms with van der Waals surface area (Å²) in [5.41, 5.74) is 0.836. The van der Waals surface area contributed by atoms with Crippen LogP contribution in [-0.4, -0.2) is 50.1 Å². The Bertz CT molecular complexity index is 522. The quantitative estimate of drug-likeness (QED) is 0.923. The number of aromatic nitrogens is 1. The number of rotatable bonds is 3. The van der Waals surface area contributed by atoms with Gasteiger partial charge in [0.1, 0.15) is 11.3 Å². The second kappa shape index (κ2) is 6.83. The lowest BCUT2D eigenvalue weighted by molar-refractivity contribution is 0.0635. The Hall–Kier alpha value is -2.02. The molecule has 2 rings (SSSR count). The Morgan fingerprint density at radius 1 is 1.36 bits per heavy atom. The Morgan fingerprint density at radius 3 is 2.64 bits per heavy atom. The number of hydrogen-bond donors (Lipinski definition) is 1. The molecule has 1 amide bonds. The van der Waals surface area contributed by atoms with Crippen molar-refractivity contribution in [3.8, 4) is 5.88 Å². The number of hydrogen-bond acceptors (Lipinski definition) is 6. The van der Waals surface area contributed by atoms with E-state index < -0.39 is 11.7 Å². The van der Waals surface area contributed by atoms with E-state index in [1.54, 1.807) is 6.20 Å². The summed E-state index contributed by atoms with van der Waals surface area (Å²) in [6, 6.07) is 1.83. The van der Waals surface area contributed by atoms with Crippen LogP contribution in [0.25, 0.3) is 0 Å². The van der Waals surface area contributed by atoms with Gasteiger partial charge in [0.25, 0.3) is 0 Å². The van der Waals surface area contributed by atoms with E-state index in [2.05, 4.69) is 15.2 Å². The number of carbonyl (C=O) groups excluding carboxylic acids is 1. The van der Waals surface area contributed by atoms with E-state index in [1.807, 2.05) is 26.8 Å². The minimum atomic E-state index is -0.563. The number of pyridine rings is 1. The van der Waals surface area contributed by atoms with Crippen molar-refractivity contribution in [3.63, 3.8) is 0 Å². The molecule has 0 atom stereocenters. The summed E-state index contributed by atoms with van der Waals surface area (Å²) >= 11 is 0. The normalized spacial score (nSPS) is 15.4. The lowest BCUT2D eigenvalue weighted by atomic mass is 10.2. The number of ether oxygens (including phenoxy) is 3. The van der Waals surface area contributed by atoms with Crippen LogP contribution in [0, 0.1) is 0 Å². The lowest BCUT2D eigenvalue weighted by Crippen LogP contribution is -2.36. The van der Waals surface area contributed by atoms with Crippen molar-refractivity contribution in [1.29, 1.82) is 0 Å². The van der Waals surface area contributed by atoms with E-state index in [9.17, 15) is 4.79 Å². The van der Waals surface area contributed by atoms with Crippen LogP contribution in [0.3, 0.4) is 0 Å². The minimum absolute atomic E-state index is 0.350.